The lowest BCUT2D eigenvalue weighted by Gasteiger charge is -2.02. The number of rotatable bonds is 4. The van der Waals surface area contributed by atoms with Gasteiger partial charge in [-0.3, -0.25) is 24.9 Å². The summed E-state index contributed by atoms with van der Waals surface area (Å²) in [5.74, 6) is -0.364. The van der Waals surface area contributed by atoms with Gasteiger partial charge in [0.1, 0.15) is 23.4 Å². The van der Waals surface area contributed by atoms with Crippen LogP contribution in [0.25, 0.3) is 0 Å². The van der Waals surface area contributed by atoms with Crippen molar-refractivity contribution in [3.8, 4) is 0 Å². The average molecular weight is 282 g/mol. The van der Waals surface area contributed by atoms with Gasteiger partial charge in [0.2, 0.25) is 11.0 Å². The van der Waals surface area contributed by atoms with Gasteiger partial charge in [-0.1, -0.05) is 11.3 Å². The first-order valence-electron chi connectivity index (χ1n) is 5.23. The molecule has 9 nitrogen and oxygen atoms in total. The molecule has 0 unspecified atom stereocenters. The summed E-state index contributed by atoms with van der Waals surface area (Å²) in [7, 11) is 0. The molecule has 0 aliphatic heterocycles. The first-order chi connectivity index (χ1) is 8.99. The van der Waals surface area contributed by atoms with Gasteiger partial charge in [-0.15, -0.1) is 10.2 Å². The Kier molecular flexibility index (Phi) is 3.51. The molecule has 0 fully saturated rings. The second-order valence-corrected chi connectivity index (χ2v) is 4.56. The third kappa shape index (κ3) is 2.73. The van der Waals surface area contributed by atoms with Gasteiger partial charge in [0.05, 0.1) is 4.92 Å². The number of nitro groups is 1. The fraction of sp³-hybridized carbons (Fsp3) is 0.333. The van der Waals surface area contributed by atoms with Crippen LogP contribution in [-0.2, 0) is 11.3 Å². The number of carbonyl (C=O) groups excluding carboxylic acids is 1. The highest BCUT2D eigenvalue weighted by Gasteiger charge is 2.22. The Morgan fingerprint density at radius 1 is 1.58 bits per heavy atom. The van der Waals surface area contributed by atoms with Crippen LogP contribution in [0.3, 0.4) is 0 Å². The van der Waals surface area contributed by atoms with Crippen molar-refractivity contribution in [2.45, 2.75) is 20.4 Å². The fourth-order valence-electron chi connectivity index (χ4n) is 1.63. The summed E-state index contributed by atoms with van der Waals surface area (Å²) in [6, 6.07) is 0. The largest absolute Gasteiger partial charge is 0.312 e. The molecule has 2 aromatic heterocycles. The van der Waals surface area contributed by atoms with Crippen LogP contribution in [0.15, 0.2) is 5.51 Å². The second kappa shape index (κ2) is 5.10. The van der Waals surface area contributed by atoms with E-state index in [0.29, 0.717) is 10.8 Å². The highest BCUT2D eigenvalue weighted by Crippen LogP contribution is 2.21. The smallest absolute Gasteiger partial charge is 0.299 e. The second-order valence-electron chi connectivity index (χ2n) is 3.73. The van der Waals surface area contributed by atoms with E-state index in [-0.39, 0.29) is 23.8 Å². The summed E-state index contributed by atoms with van der Waals surface area (Å²) in [5, 5.41) is 25.0. The molecule has 100 valence electrons. The maximum absolute atomic E-state index is 11.7. The van der Waals surface area contributed by atoms with Crippen LogP contribution in [0.4, 0.5) is 10.8 Å². The Morgan fingerprint density at radius 2 is 2.32 bits per heavy atom. The number of carbonyl (C=O) groups is 1. The molecule has 0 aliphatic rings. The maximum Gasteiger partial charge on any atom is 0.312 e. The number of hydrogen-bond acceptors (Lipinski definition) is 7. The predicted molar refractivity (Wildman–Crippen MR) is 66.9 cm³/mol. The molecular formula is C9H10N6O3S. The lowest BCUT2D eigenvalue weighted by atomic mass is 10.3. The minimum Gasteiger partial charge on any atom is -0.299 e. The van der Waals surface area contributed by atoms with E-state index in [0.717, 1.165) is 0 Å². The summed E-state index contributed by atoms with van der Waals surface area (Å²) in [6.45, 7) is 2.97. The Balaban J connectivity index is 2.13. The molecule has 0 saturated heterocycles. The fourth-order valence-corrected chi connectivity index (χ4v) is 2.09. The third-order valence-corrected chi connectivity index (χ3v) is 3.03. The van der Waals surface area contributed by atoms with Gasteiger partial charge in [-0.25, -0.2) is 0 Å². The van der Waals surface area contributed by atoms with Crippen LogP contribution in [0, 0.1) is 24.0 Å². The molecule has 10 heteroatoms. The monoisotopic (exact) mass is 282 g/mol. The van der Waals surface area contributed by atoms with Gasteiger partial charge in [-0.05, 0) is 13.8 Å². The van der Waals surface area contributed by atoms with Crippen molar-refractivity contribution in [1.29, 1.82) is 0 Å². The van der Waals surface area contributed by atoms with Crippen molar-refractivity contribution in [1.82, 2.24) is 20.0 Å². The minimum atomic E-state index is -0.503. The normalized spacial score (nSPS) is 10.4. The molecule has 0 spiro atoms. The van der Waals surface area contributed by atoms with Crippen molar-refractivity contribution in [2.75, 3.05) is 5.32 Å². The van der Waals surface area contributed by atoms with Crippen LogP contribution >= 0.6 is 11.3 Å². The van der Waals surface area contributed by atoms with Crippen molar-refractivity contribution < 1.29 is 9.72 Å². The van der Waals surface area contributed by atoms with E-state index in [9.17, 15) is 14.9 Å². The van der Waals surface area contributed by atoms with Crippen molar-refractivity contribution in [3.63, 3.8) is 0 Å². The van der Waals surface area contributed by atoms with Crippen molar-refractivity contribution >= 4 is 28.1 Å². The van der Waals surface area contributed by atoms with E-state index in [1.807, 2.05) is 0 Å². The van der Waals surface area contributed by atoms with Gasteiger partial charge >= 0.3 is 5.69 Å². The molecule has 1 N–H and O–H groups in total. The molecule has 0 saturated carbocycles. The molecule has 0 radical (unpaired) electrons. The molecule has 2 rings (SSSR count). The minimum absolute atomic E-state index is 0.0660. The van der Waals surface area contributed by atoms with Crippen molar-refractivity contribution in [3.05, 3.63) is 27.0 Å². The van der Waals surface area contributed by atoms with E-state index < -0.39 is 4.92 Å². The van der Waals surface area contributed by atoms with Crippen LogP contribution in [-0.4, -0.2) is 30.8 Å². The Labute approximate surface area is 111 Å². The SMILES string of the molecule is Cc1nn(CC(=O)Nc2nncs2)c(C)c1[N+](=O)[O-]. The van der Waals surface area contributed by atoms with E-state index in [1.165, 1.54) is 28.5 Å². The molecule has 1 amide bonds. The summed E-state index contributed by atoms with van der Waals surface area (Å²) in [6.07, 6.45) is 0. The van der Waals surface area contributed by atoms with Crippen LogP contribution < -0.4 is 5.32 Å². The van der Waals surface area contributed by atoms with Gasteiger partial charge in [0, 0.05) is 0 Å². The highest BCUT2D eigenvalue weighted by molar-refractivity contribution is 7.13. The number of aromatic nitrogens is 4. The molecule has 0 aliphatic carbocycles. The Bertz CT molecular complexity index is 620. The van der Waals surface area contributed by atoms with Gasteiger partial charge in [0.25, 0.3) is 0 Å². The third-order valence-electron chi connectivity index (χ3n) is 2.43. The highest BCUT2D eigenvalue weighted by atomic mass is 32.1. The molecule has 0 atom stereocenters. The average Bonchev–Trinajstić information content (AvgIpc) is 2.88. The number of anilines is 1. The topological polar surface area (TPSA) is 116 Å². The van der Waals surface area contributed by atoms with Gasteiger partial charge < -0.3 is 0 Å². The predicted octanol–water partition coefficient (Wildman–Crippen LogP) is 0.898. The lowest BCUT2D eigenvalue weighted by molar-refractivity contribution is -0.386. The molecule has 0 bridgehead atoms. The summed E-state index contributed by atoms with van der Waals surface area (Å²) in [4.78, 5) is 22.0. The number of nitrogens with zero attached hydrogens (tertiary/aromatic N) is 5. The standard InChI is InChI=1S/C9H10N6O3S/c1-5-8(15(17)18)6(2)14(13-5)3-7(16)11-9-12-10-4-19-9/h4H,3H2,1-2H3,(H,11,12,16). The summed E-state index contributed by atoms with van der Waals surface area (Å²) in [5.41, 5.74) is 2.05. The molecule has 2 aromatic rings. The zero-order valence-electron chi connectivity index (χ0n) is 10.2. The summed E-state index contributed by atoms with van der Waals surface area (Å²) < 4.78 is 1.30. The number of hydrogen-bond donors (Lipinski definition) is 1. The number of aryl methyl sites for hydroxylation is 1. The Morgan fingerprint density at radius 3 is 2.84 bits per heavy atom. The van der Waals surface area contributed by atoms with Gasteiger partial charge in [-0.2, -0.15) is 5.10 Å². The molecule has 19 heavy (non-hydrogen) atoms. The van der Waals surface area contributed by atoms with Crippen molar-refractivity contribution in [2.24, 2.45) is 0 Å². The Hall–Kier alpha value is -2.36. The lowest BCUT2D eigenvalue weighted by Crippen LogP contribution is -2.20. The number of amides is 1. The van der Waals surface area contributed by atoms with Gasteiger partial charge in [0.15, 0.2) is 0 Å². The zero-order chi connectivity index (χ0) is 14.0. The molecule has 0 aromatic carbocycles. The first kappa shape index (κ1) is 13.1. The van der Waals surface area contributed by atoms with Crippen LogP contribution in [0.5, 0.6) is 0 Å². The van der Waals surface area contributed by atoms with Crippen LogP contribution in [0.2, 0.25) is 0 Å². The quantitative estimate of drug-likeness (QED) is 0.657. The van der Waals surface area contributed by atoms with E-state index >= 15 is 0 Å². The zero-order valence-corrected chi connectivity index (χ0v) is 11.0. The maximum atomic E-state index is 11.7. The first-order valence-corrected chi connectivity index (χ1v) is 6.11. The van der Waals surface area contributed by atoms with Crippen LogP contribution in [0.1, 0.15) is 11.4 Å². The molecular weight excluding hydrogens is 272 g/mol. The van der Waals surface area contributed by atoms with E-state index in [2.05, 4.69) is 20.6 Å². The number of nitrogens with one attached hydrogen (secondary N) is 1. The van der Waals surface area contributed by atoms with E-state index in [4.69, 9.17) is 0 Å². The molecule has 2 heterocycles. The summed E-state index contributed by atoms with van der Waals surface area (Å²) >= 11 is 1.19. The van der Waals surface area contributed by atoms with E-state index in [1.54, 1.807) is 6.92 Å².